The highest BCUT2D eigenvalue weighted by molar-refractivity contribution is 5.90. The highest BCUT2D eigenvalue weighted by Gasteiger charge is 2.05. The van der Waals surface area contributed by atoms with Gasteiger partial charge in [0.15, 0.2) is 0 Å². The molecule has 0 fully saturated rings. The zero-order valence-electron chi connectivity index (χ0n) is 15.4. The number of pyridine rings is 1. The second kappa shape index (κ2) is 10.1. The zero-order chi connectivity index (χ0) is 19.6. The lowest BCUT2D eigenvalue weighted by molar-refractivity contribution is -0.116. The van der Waals surface area contributed by atoms with Crippen molar-refractivity contribution in [3.05, 3.63) is 94.9 Å². The molecule has 0 radical (unpaired) electrons. The number of amides is 1. The topological polar surface area (TPSA) is 69.6 Å². The molecule has 1 heterocycles. The number of carbonyl (C=O) groups is 1. The minimum absolute atomic E-state index is 0.0305. The number of anilines is 1. The molecule has 0 aliphatic rings. The van der Waals surface area contributed by atoms with Gasteiger partial charge in [-0.2, -0.15) is 0 Å². The van der Waals surface area contributed by atoms with Crippen LogP contribution in [0.15, 0.2) is 83.8 Å². The first kappa shape index (κ1) is 19.4. The van der Waals surface area contributed by atoms with E-state index in [1.165, 1.54) is 10.6 Å². The second-order valence-electron chi connectivity index (χ2n) is 6.13. The van der Waals surface area contributed by atoms with Crippen molar-refractivity contribution in [1.29, 1.82) is 0 Å². The van der Waals surface area contributed by atoms with E-state index < -0.39 is 0 Å². The molecule has 1 N–H and O–H groups in total. The van der Waals surface area contributed by atoms with E-state index in [1.807, 2.05) is 48.5 Å². The molecular weight excluding hydrogens is 356 g/mol. The Morgan fingerprint density at radius 1 is 0.929 bits per heavy atom. The van der Waals surface area contributed by atoms with Crippen LogP contribution in [0.5, 0.6) is 5.75 Å². The summed E-state index contributed by atoms with van der Waals surface area (Å²) in [4.78, 5) is 23.8. The highest BCUT2D eigenvalue weighted by atomic mass is 16.5. The molecule has 6 heteroatoms. The summed E-state index contributed by atoms with van der Waals surface area (Å²) in [5.74, 6) is 0.552. The molecule has 3 aromatic rings. The lowest BCUT2D eigenvalue weighted by Crippen LogP contribution is -2.26. The van der Waals surface area contributed by atoms with Crippen LogP contribution >= 0.6 is 0 Å². The third-order valence-electron chi connectivity index (χ3n) is 3.93. The molecule has 0 unspecified atom stereocenters. The van der Waals surface area contributed by atoms with Gasteiger partial charge in [0, 0.05) is 18.0 Å². The normalized spacial score (nSPS) is 10.4. The fourth-order valence-electron chi connectivity index (χ4n) is 2.61. The highest BCUT2D eigenvalue weighted by Crippen LogP contribution is 2.12. The van der Waals surface area contributed by atoms with Crippen molar-refractivity contribution in [2.75, 3.05) is 18.5 Å². The van der Waals surface area contributed by atoms with Crippen LogP contribution in [-0.4, -0.2) is 23.7 Å². The molecule has 28 heavy (non-hydrogen) atoms. The standard InChI is InChI=1S/C22H22N2O4/c25-21(16-24-12-5-4-11-22(24)26)23-19-8-6-7-18(15-19)17-27-13-14-28-20-9-2-1-3-10-20/h1-12,15H,13-14,16-17H2,(H,23,25). The Hall–Kier alpha value is -3.38. The molecule has 0 saturated carbocycles. The Kier molecular flexibility index (Phi) is 6.98. The molecule has 0 bridgehead atoms. The quantitative estimate of drug-likeness (QED) is 0.581. The van der Waals surface area contributed by atoms with Gasteiger partial charge in [0.2, 0.25) is 5.91 Å². The van der Waals surface area contributed by atoms with Crippen molar-refractivity contribution in [2.24, 2.45) is 0 Å². The number of nitrogens with one attached hydrogen (secondary N) is 1. The van der Waals surface area contributed by atoms with Gasteiger partial charge >= 0.3 is 0 Å². The van der Waals surface area contributed by atoms with Gasteiger partial charge in [-0.25, -0.2) is 0 Å². The zero-order valence-corrected chi connectivity index (χ0v) is 15.4. The Labute approximate surface area is 163 Å². The summed E-state index contributed by atoms with van der Waals surface area (Å²) in [7, 11) is 0. The Morgan fingerprint density at radius 3 is 2.57 bits per heavy atom. The van der Waals surface area contributed by atoms with Gasteiger partial charge in [-0.1, -0.05) is 36.4 Å². The average Bonchev–Trinajstić information content (AvgIpc) is 2.70. The number of carbonyl (C=O) groups excluding carboxylic acids is 1. The number of nitrogens with zero attached hydrogens (tertiary/aromatic N) is 1. The Bertz CT molecular complexity index is 954. The predicted molar refractivity (Wildman–Crippen MR) is 107 cm³/mol. The van der Waals surface area contributed by atoms with Crippen molar-refractivity contribution < 1.29 is 14.3 Å². The third-order valence-corrected chi connectivity index (χ3v) is 3.93. The van der Waals surface area contributed by atoms with E-state index in [9.17, 15) is 9.59 Å². The van der Waals surface area contributed by atoms with Crippen LogP contribution in [0.2, 0.25) is 0 Å². The van der Waals surface area contributed by atoms with E-state index in [1.54, 1.807) is 24.4 Å². The van der Waals surface area contributed by atoms with Crippen LogP contribution in [0.25, 0.3) is 0 Å². The number of benzene rings is 2. The summed E-state index contributed by atoms with van der Waals surface area (Å²) in [5.41, 5.74) is 1.39. The molecule has 2 aromatic carbocycles. The number of hydrogen-bond acceptors (Lipinski definition) is 4. The molecule has 6 nitrogen and oxygen atoms in total. The molecule has 0 aliphatic heterocycles. The smallest absolute Gasteiger partial charge is 0.250 e. The number of para-hydroxylation sites is 1. The number of ether oxygens (including phenoxy) is 2. The first-order chi connectivity index (χ1) is 13.7. The second-order valence-corrected chi connectivity index (χ2v) is 6.13. The molecule has 3 rings (SSSR count). The van der Waals surface area contributed by atoms with E-state index in [0.29, 0.717) is 25.5 Å². The number of rotatable bonds is 9. The van der Waals surface area contributed by atoms with Crippen LogP contribution in [0.1, 0.15) is 5.56 Å². The largest absolute Gasteiger partial charge is 0.491 e. The van der Waals surface area contributed by atoms with Gasteiger partial charge in [-0.05, 0) is 35.9 Å². The van der Waals surface area contributed by atoms with E-state index in [4.69, 9.17) is 9.47 Å². The molecule has 144 valence electrons. The lowest BCUT2D eigenvalue weighted by atomic mass is 10.2. The summed E-state index contributed by atoms with van der Waals surface area (Å²) in [6, 6.07) is 21.8. The van der Waals surface area contributed by atoms with Crippen molar-refractivity contribution >= 4 is 11.6 Å². The van der Waals surface area contributed by atoms with Gasteiger partial charge in [0.05, 0.1) is 13.2 Å². The maximum absolute atomic E-state index is 12.2. The molecule has 0 spiro atoms. The lowest BCUT2D eigenvalue weighted by Gasteiger charge is -2.10. The molecule has 1 aromatic heterocycles. The van der Waals surface area contributed by atoms with Crippen molar-refractivity contribution in [2.45, 2.75) is 13.2 Å². The number of aromatic nitrogens is 1. The van der Waals surface area contributed by atoms with Crippen LogP contribution < -0.4 is 15.6 Å². The van der Waals surface area contributed by atoms with E-state index in [2.05, 4.69) is 5.32 Å². The Balaban J connectivity index is 1.44. The van der Waals surface area contributed by atoms with Crippen LogP contribution in [-0.2, 0) is 22.7 Å². The van der Waals surface area contributed by atoms with E-state index in [0.717, 1.165) is 11.3 Å². The SMILES string of the molecule is O=C(Cn1ccccc1=O)Nc1cccc(COCCOc2ccccc2)c1. The average molecular weight is 378 g/mol. The minimum Gasteiger partial charge on any atom is -0.491 e. The van der Waals surface area contributed by atoms with Gasteiger partial charge < -0.3 is 19.4 Å². The molecular formula is C22H22N2O4. The van der Waals surface area contributed by atoms with E-state index in [-0.39, 0.29) is 18.0 Å². The van der Waals surface area contributed by atoms with Gasteiger partial charge in [-0.3, -0.25) is 9.59 Å². The van der Waals surface area contributed by atoms with Gasteiger partial charge in [-0.15, -0.1) is 0 Å². The van der Waals surface area contributed by atoms with Gasteiger partial charge in [0.25, 0.3) is 5.56 Å². The molecule has 0 aliphatic carbocycles. The Morgan fingerprint density at radius 2 is 1.75 bits per heavy atom. The van der Waals surface area contributed by atoms with Crippen molar-refractivity contribution in [3.63, 3.8) is 0 Å². The maximum atomic E-state index is 12.2. The van der Waals surface area contributed by atoms with Crippen molar-refractivity contribution in [3.8, 4) is 5.75 Å². The maximum Gasteiger partial charge on any atom is 0.250 e. The van der Waals surface area contributed by atoms with Crippen LogP contribution in [0, 0.1) is 0 Å². The fraction of sp³-hybridized carbons (Fsp3) is 0.182. The summed E-state index contributed by atoms with van der Waals surface area (Å²) in [6.07, 6.45) is 1.59. The van der Waals surface area contributed by atoms with Crippen LogP contribution in [0.4, 0.5) is 5.69 Å². The summed E-state index contributed by atoms with van der Waals surface area (Å²) in [5, 5.41) is 2.80. The fourth-order valence-corrected chi connectivity index (χ4v) is 2.61. The van der Waals surface area contributed by atoms with Gasteiger partial charge in [0.1, 0.15) is 18.9 Å². The third kappa shape index (κ3) is 6.10. The molecule has 0 saturated heterocycles. The van der Waals surface area contributed by atoms with Crippen LogP contribution in [0.3, 0.4) is 0 Å². The summed E-state index contributed by atoms with van der Waals surface area (Å²) >= 11 is 0. The first-order valence-electron chi connectivity index (χ1n) is 9.00. The predicted octanol–water partition coefficient (Wildman–Crippen LogP) is 3.08. The first-order valence-corrected chi connectivity index (χ1v) is 9.00. The molecule has 1 amide bonds. The van der Waals surface area contributed by atoms with Crippen molar-refractivity contribution in [1.82, 2.24) is 4.57 Å². The minimum atomic E-state index is -0.261. The summed E-state index contributed by atoms with van der Waals surface area (Å²) < 4.78 is 12.6. The monoisotopic (exact) mass is 378 g/mol. The summed E-state index contributed by atoms with van der Waals surface area (Å²) in [6.45, 7) is 1.31. The number of hydrogen-bond donors (Lipinski definition) is 1. The van der Waals surface area contributed by atoms with E-state index >= 15 is 0 Å². The molecule has 0 atom stereocenters.